The molecular weight excluding hydrogens is 254 g/mol. The quantitative estimate of drug-likeness (QED) is 0.923. The number of hydrogen-bond donors (Lipinski definition) is 1. The van der Waals surface area contributed by atoms with Gasteiger partial charge in [-0.25, -0.2) is 0 Å². The molecule has 3 heteroatoms. The Morgan fingerprint density at radius 1 is 1.47 bits per heavy atom. The van der Waals surface area contributed by atoms with Crippen LogP contribution >= 0.6 is 15.9 Å². The number of hydrogen-bond acceptors (Lipinski definition) is 2. The summed E-state index contributed by atoms with van der Waals surface area (Å²) in [4.78, 5) is 0. The molecule has 0 bridgehead atoms. The van der Waals surface area contributed by atoms with Crippen molar-refractivity contribution in [1.29, 1.82) is 0 Å². The molecule has 0 saturated carbocycles. The van der Waals surface area contributed by atoms with Crippen LogP contribution in [0.1, 0.15) is 12.7 Å². The molecule has 80 valence electrons. The Morgan fingerprint density at radius 2 is 2.27 bits per heavy atom. The standard InChI is InChI=1S/C12H14BrNO/c1-8(14-2)6-10-7-9-4-3-5-11(13)12(9)15-10/h3-5,7-8,14H,6H2,1-2H3. The van der Waals surface area contributed by atoms with Gasteiger partial charge in [-0.15, -0.1) is 0 Å². The normalized spacial score (nSPS) is 13.3. The van der Waals surface area contributed by atoms with Crippen molar-refractivity contribution in [3.8, 4) is 0 Å². The van der Waals surface area contributed by atoms with Crippen LogP contribution < -0.4 is 5.32 Å². The second-order valence-electron chi connectivity index (χ2n) is 3.76. The van der Waals surface area contributed by atoms with E-state index in [1.54, 1.807) is 0 Å². The van der Waals surface area contributed by atoms with Gasteiger partial charge in [0.1, 0.15) is 11.3 Å². The van der Waals surface area contributed by atoms with Gasteiger partial charge in [-0.05, 0) is 42.0 Å². The van der Waals surface area contributed by atoms with Crippen LogP contribution in [0.5, 0.6) is 0 Å². The highest BCUT2D eigenvalue weighted by molar-refractivity contribution is 9.10. The average molecular weight is 268 g/mol. The summed E-state index contributed by atoms with van der Waals surface area (Å²) in [6, 6.07) is 8.62. The monoisotopic (exact) mass is 267 g/mol. The van der Waals surface area contributed by atoms with Gasteiger partial charge in [0.25, 0.3) is 0 Å². The summed E-state index contributed by atoms with van der Waals surface area (Å²) in [5.41, 5.74) is 0.941. The Bertz CT molecular complexity index is 464. The predicted molar refractivity (Wildman–Crippen MR) is 66.1 cm³/mol. The van der Waals surface area contributed by atoms with E-state index in [1.807, 2.05) is 19.2 Å². The average Bonchev–Trinajstić information content (AvgIpc) is 2.62. The molecular formula is C12H14BrNO. The summed E-state index contributed by atoms with van der Waals surface area (Å²) in [5.74, 6) is 1.03. The number of nitrogens with one attached hydrogen (secondary N) is 1. The Hall–Kier alpha value is -0.800. The van der Waals surface area contributed by atoms with Crippen molar-refractivity contribution in [3.05, 3.63) is 34.5 Å². The molecule has 2 nitrogen and oxygen atoms in total. The molecule has 0 aliphatic carbocycles. The maximum Gasteiger partial charge on any atom is 0.148 e. The molecule has 1 aromatic carbocycles. The first-order valence-electron chi connectivity index (χ1n) is 5.05. The molecule has 0 radical (unpaired) electrons. The van der Waals surface area contributed by atoms with Crippen molar-refractivity contribution in [1.82, 2.24) is 5.32 Å². The van der Waals surface area contributed by atoms with Gasteiger partial charge in [0.05, 0.1) is 4.47 Å². The highest BCUT2D eigenvalue weighted by Gasteiger charge is 2.08. The number of furan rings is 1. The van der Waals surface area contributed by atoms with E-state index in [9.17, 15) is 0 Å². The van der Waals surface area contributed by atoms with E-state index in [0.717, 1.165) is 27.6 Å². The van der Waals surface area contributed by atoms with Crippen LogP contribution in [0.3, 0.4) is 0 Å². The first-order chi connectivity index (χ1) is 7.20. The van der Waals surface area contributed by atoms with E-state index in [2.05, 4.69) is 40.3 Å². The molecule has 0 saturated heterocycles. The van der Waals surface area contributed by atoms with Gasteiger partial charge in [-0.3, -0.25) is 0 Å². The Morgan fingerprint density at radius 3 is 2.93 bits per heavy atom. The van der Waals surface area contributed by atoms with Crippen LogP contribution in [-0.2, 0) is 6.42 Å². The molecule has 0 fully saturated rings. The van der Waals surface area contributed by atoms with Gasteiger partial charge in [0, 0.05) is 17.8 Å². The lowest BCUT2D eigenvalue weighted by Crippen LogP contribution is -2.23. The summed E-state index contributed by atoms with van der Waals surface area (Å²) >= 11 is 3.48. The minimum Gasteiger partial charge on any atom is -0.460 e. The smallest absolute Gasteiger partial charge is 0.148 e. The Kier molecular flexibility index (Phi) is 3.12. The van der Waals surface area contributed by atoms with Crippen LogP contribution in [0, 0.1) is 0 Å². The largest absolute Gasteiger partial charge is 0.460 e. The molecule has 15 heavy (non-hydrogen) atoms. The van der Waals surface area contributed by atoms with Crippen molar-refractivity contribution < 1.29 is 4.42 Å². The zero-order valence-corrected chi connectivity index (χ0v) is 10.5. The van der Waals surface area contributed by atoms with Gasteiger partial charge >= 0.3 is 0 Å². The molecule has 0 aliphatic rings. The highest BCUT2D eigenvalue weighted by atomic mass is 79.9. The number of likely N-dealkylation sites (N-methyl/N-ethyl adjacent to an activating group) is 1. The van der Waals surface area contributed by atoms with Gasteiger partial charge in [-0.2, -0.15) is 0 Å². The number of fused-ring (bicyclic) bond motifs is 1. The van der Waals surface area contributed by atoms with Crippen molar-refractivity contribution in [2.45, 2.75) is 19.4 Å². The third-order valence-corrected chi connectivity index (χ3v) is 3.17. The van der Waals surface area contributed by atoms with Gasteiger partial charge < -0.3 is 9.73 Å². The Balaban J connectivity index is 2.35. The van der Waals surface area contributed by atoms with Crippen LogP contribution in [0.2, 0.25) is 0 Å². The topological polar surface area (TPSA) is 25.2 Å². The fourth-order valence-corrected chi connectivity index (χ4v) is 2.05. The molecule has 1 aromatic heterocycles. The van der Waals surface area contributed by atoms with E-state index < -0.39 is 0 Å². The summed E-state index contributed by atoms with van der Waals surface area (Å²) < 4.78 is 6.80. The Labute approximate surface area is 97.8 Å². The van der Waals surface area contributed by atoms with E-state index in [4.69, 9.17) is 4.42 Å². The molecule has 1 unspecified atom stereocenters. The maximum absolute atomic E-state index is 5.78. The molecule has 1 heterocycles. The predicted octanol–water partition coefficient (Wildman–Crippen LogP) is 3.35. The number of rotatable bonds is 3. The number of halogens is 1. The molecule has 1 atom stereocenters. The number of benzene rings is 1. The van der Waals surface area contributed by atoms with Crippen LogP contribution in [0.4, 0.5) is 0 Å². The SMILES string of the molecule is CNC(C)Cc1cc2cccc(Br)c2o1. The highest BCUT2D eigenvalue weighted by Crippen LogP contribution is 2.27. The summed E-state index contributed by atoms with van der Waals surface area (Å²) in [6.07, 6.45) is 0.914. The van der Waals surface area contributed by atoms with Crippen molar-refractivity contribution in [2.75, 3.05) is 7.05 Å². The van der Waals surface area contributed by atoms with Crippen LogP contribution in [0.25, 0.3) is 11.0 Å². The van der Waals surface area contributed by atoms with E-state index in [1.165, 1.54) is 0 Å². The third-order valence-electron chi connectivity index (χ3n) is 2.55. The minimum atomic E-state index is 0.435. The number of para-hydroxylation sites is 1. The molecule has 0 aliphatic heterocycles. The van der Waals surface area contributed by atoms with E-state index >= 15 is 0 Å². The van der Waals surface area contributed by atoms with Gasteiger partial charge in [-0.1, -0.05) is 12.1 Å². The van der Waals surface area contributed by atoms with Crippen LogP contribution in [-0.4, -0.2) is 13.1 Å². The molecule has 2 aromatic rings. The lowest BCUT2D eigenvalue weighted by atomic mass is 10.2. The lowest BCUT2D eigenvalue weighted by molar-refractivity contribution is 0.497. The van der Waals surface area contributed by atoms with Crippen molar-refractivity contribution >= 4 is 26.9 Å². The van der Waals surface area contributed by atoms with E-state index in [0.29, 0.717) is 6.04 Å². The zero-order valence-electron chi connectivity index (χ0n) is 8.88. The zero-order chi connectivity index (χ0) is 10.8. The van der Waals surface area contributed by atoms with E-state index in [-0.39, 0.29) is 0 Å². The second-order valence-corrected chi connectivity index (χ2v) is 4.62. The molecule has 1 N–H and O–H groups in total. The molecule has 2 rings (SSSR count). The fraction of sp³-hybridized carbons (Fsp3) is 0.333. The van der Waals surface area contributed by atoms with Gasteiger partial charge in [0.2, 0.25) is 0 Å². The molecule has 0 spiro atoms. The molecule has 0 amide bonds. The lowest BCUT2D eigenvalue weighted by Gasteiger charge is -2.06. The summed E-state index contributed by atoms with van der Waals surface area (Å²) in [5, 5.41) is 4.36. The third kappa shape index (κ3) is 2.24. The van der Waals surface area contributed by atoms with Crippen LogP contribution in [0.15, 0.2) is 33.2 Å². The summed E-state index contributed by atoms with van der Waals surface area (Å²) in [6.45, 7) is 2.14. The van der Waals surface area contributed by atoms with Crippen molar-refractivity contribution in [3.63, 3.8) is 0 Å². The van der Waals surface area contributed by atoms with Crippen molar-refractivity contribution in [2.24, 2.45) is 0 Å². The maximum atomic E-state index is 5.78. The fourth-order valence-electron chi connectivity index (χ4n) is 1.59. The first kappa shape index (κ1) is 10.7. The van der Waals surface area contributed by atoms with Gasteiger partial charge in [0.15, 0.2) is 0 Å². The summed E-state index contributed by atoms with van der Waals surface area (Å²) in [7, 11) is 1.96. The first-order valence-corrected chi connectivity index (χ1v) is 5.84. The minimum absolute atomic E-state index is 0.435. The second kappa shape index (κ2) is 4.37.